The molecule has 0 fully saturated rings. The van der Waals surface area contributed by atoms with Gasteiger partial charge in [-0.25, -0.2) is 0 Å². The lowest BCUT2D eigenvalue weighted by Crippen LogP contribution is -2.16. The van der Waals surface area contributed by atoms with Crippen LogP contribution in [0.3, 0.4) is 0 Å². The van der Waals surface area contributed by atoms with Crippen molar-refractivity contribution in [2.45, 2.75) is 12.3 Å². The highest BCUT2D eigenvalue weighted by molar-refractivity contribution is 9.10. The summed E-state index contributed by atoms with van der Waals surface area (Å²) in [4.78, 5) is 14.5. The fourth-order valence-corrected chi connectivity index (χ4v) is 1.58. The van der Waals surface area contributed by atoms with Gasteiger partial charge in [0.05, 0.1) is 6.42 Å². The Balaban J connectivity index is 2.83. The Morgan fingerprint density at radius 2 is 2.36 bits per heavy atom. The maximum atomic E-state index is 10.5. The predicted molar refractivity (Wildman–Crippen MR) is 56.0 cm³/mol. The highest BCUT2D eigenvalue weighted by Gasteiger charge is 2.14. The summed E-state index contributed by atoms with van der Waals surface area (Å²) >= 11 is 3.28. The van der Waals surface area contributed by atoms with Crippen molar-refractivity contribution in [2.24, 2.45) is 5.73 Å². The third kappa shape index (κ3) is 3.08. The average Bonchev–Trinajstić information content (AvgIpc) is 2.14. The van der Waals surface area contributed by atoms with Crippen molar-refractivity contribution < 1.29 is 9.90 Å². The molecule has 5 heteroatoms. The highest BCUT2D eigenvalue weighted by Crippen LogP contribution is 2.20. The summed E-state index contributed by atoms with van der Waals surface area (Å²) in [6.07, 6.45) is 3.33. The standard InChI is InChI=1S/C9H11BrN2O2/c10-8-1-7(4-12-5-8)6(3-11)2-9(13)14/h1,4-6H,2-3,11H2,(H,13,14). The second kappa shape index (κ2) is 5.07. The highest BCUT2D eigenvalue weighted by atomic mass is 79.9. The Morgan fingerprint density at radius 1 is 1.64 bits per heavy atom. The SMILES string of the molecule is NCC(CC(=O)O)c1cncc(Br)c1. The first-order valence-corrected chi connectivity index (χ1v) is 4.95. The number of aliphatic carboxylic acids is 1. The number of carboxylic acids is 1. The van der Waals surface area contributed by atoms with E-state index in [1.807, 2.05) is 6.07 Å². The zero-order valence-corrected chi connectivity index (χ0v) is 9.07. The largest absolute Gasteiger partial charge is 0.481 e. The van der Waals surface area contributed by atoms with Gasteiger partial charge in [0.1, 0.15) is 0 Å². The summed E-state index contributed by atoms with van der Waals surface area (Å²) in [6, 6.07) is 1.84. The van der Waals surface area contributed by atoms with E-state index in [9.17, 15) is 4.79 Å². The minimum absolute atomic E-state index is 0.0363. The van der Waals surface area contributed by atoms with Gasteiger partial charge in [-0.2, -0.15) is 0 Å². The van der Waals surface area contributed by atoms with Crippen LogP contribution in [0.4, 0.5) is 0 Å². The molecule has 1 rings (SSSR count). The molecular formula is C9H11BrN2O2. The van der Waals surface area contributed by atoms with Crippen LogP contribution in [0.5, 0.6) is 0 Å². The monoisotopic (exact) mass is 258 g/mol. The molecule has 3 N–H and O–H groups in total. The summed E-state index contributed by atoms with van der Waals surface area (Å²) in [5.41, 5.74) is 6.35. The van der Waals surface area contributed by atoms with Gasteiger partial charge < -0.3 is 10.8 Å². The van der Waals surface area contributed by atoms with Crippen LogP contribution in [0.25, 0.3) is 0 Å². The maximum Gasteiger partial charge on any atom is 0.304 e. The van der Waals surface area contributed by atoms with Crippen molar-refractivity contribution in [2.75, 3.05) is 6.54 Å². The summed E-state index contributed by atoms with van der Waals surface area (Å²) < 4.78 is 0.832. The smallest absolute Gasteiger partial charge is 0.304 e. The quantitative estimate of drug-likeness (QED) is 0.855. The number of carboxylic acid groups (broad SMARTS) is 1. The number of rotatable bonds is 4. The molecule has 0 radical (unpaired) electrons. The van der Waals surface area contributed by atoms with Crippen molar-refractivity contribution >= 4 is 21.9 Å². The molecular weight excluding hydrogens is 248 g/mol. The fourth-order valence-electron chi connectivity index (χ4n) is 1.20. The van der Waals surface area contributed by atoms with E-state index < -0.39 is 5.97 Å². The first-order chi connectivity index (χ1) is 6.63. The molecule has 1 aromatic heterocycles. The van der Waals surface area contributed by atoms with E-state index in [0.29, 0.717) is 6.54 Å². The number of aromatic nitrogens is 1. The molecule has 0 aromatic carbocycles. The van der Waals surface area contributed by atoms with E-state index >= 15 is 0 Å². The van der Waals surface area contributed by atoms with Gasteiger partial charge in [0.2, 0.25) is 0 Å². The third-order valence-corrected chi connectivity index (χ3v) is 2.34. The zero-order chi connectivity index (χ0) is 10.6. The van der Waals surface area contributed by atoms with Gasteiger partial charge >= 0.3 is 5.97 Å². The normalized spacial score (nSPS) is 12.4. The van der Waals surface area contributed by atoms with Gasteiger partial charge in [-0.1, -0.05) is 0 Å². The van der Waals surface area contributed by atoms with Gasteiger partial charge in [0.15, 0.2) is 0 Å². The molecule has 0 aliphatic carbocycles. The van der Waals surface area contributed by atoms with Crippen LogP contribution in [0.2, 0.25) is 0 Å². The average molecular weight is 259 g/mol. The molecule has 1 heterocycles. The first kappa shape index (κ1) is 11.1. The summed E-state index contributed by atoms with van der Waals surface area (Å²) in [5.74, 6) is -1.02. The van der Waals surface area contributed by atoms with Crippen molar-refractivity contribution in [3.8, 4) is 0 Å². The molecule has 76 valence electrons. The molecule has 0 saturated heterocycles. The van der Waals surface area contributed by atoms with Crippen LogP contribution in [-0.4, -0.2) is 22.6 Å². The van der Waals surface area contributed by atoms with Crippen LogP contribution in [0.15, 0.2) is 22.9 Å². The summed E-state index contributed by atoms with van der Waals surface area (Å²) in [5, 5.41) is 8.66. The minimum atomic E-state index is -0.847. The number of nitrogens with two attached hydrogens (primary N) is 1. The van der Waals surface area contributed by atoms with E-state index in [4.69, 9.17) is 10.8 Å². The van der Waals surface area contributed by atoms with Gasteiger partial charge in [0, 0.05) is 22.8 Å². The van der Waals surface area contributed by atoms with Gasteiger partial charge in [-0.15, -0.1) is 0 Å². The second-order valence-corrected chi connectivity index (χ2v) is 3.88. The molecule has 0 aliphatic rings. The number of nitrogens with zero attached hydrogens (tertiary/aromatic N) is 1. The van der Waals surface area contributed by atoms with Gasteiger partial charge in [0.25, 0.3) is 0 Å². The lowest BCUT2D eigenvalue weighted by Gasteiger charge is -2.11. The van der Waals surface area contributed by atoms with E-state index in [1.54, 1.807) is 12.4 Å². The Labute approximate surface area is 90.3 Å². The first-order valence-electron chi connectivity index (χ1n) is 4.15. The topological polar surface area (TPSA) is 76.2 Å². The van der Waals surface area contributed by atoms with E-state index in [-0.39, 0.29) is 12.3 Å². The van der Waals surface area contributed by atoms with Crippen LogP contribution in [-0.2, 0) is 4.79 Å². The van der Waals surface area contributed by atoms with Crippen LogP contribution >= 0.6 is 15.9 Å². The molecule has 0 spiro atoms. The molecule has 0 saturated carbocycles. The molecule has 0 bridgehead atoms. The fraction of sp³-hybridized carbons (Fsp3) is 0.333. The molecule has 1 atom stereocenters. The third-order valence-electron chi connectivity index (χ3n) is 1.90. The lowest BCUT2D eigenvalue weighted by molar-refractivity contribution is -0.137. The number of carbonyl (C=O) groups is 1. The maximum absolute atomic E-state index is 10.5. The molecule has 0 aliphatic heterocycles. The number of pyridine rings is 1. The van der Waals surface area contributed by atoms with Crippen molar-refractivity contribution in [1.29, 1.82) is 0 Å². The van der Waals surface area contributed by atoms with E-state index in [0.717, 1.165) is 10.0 Å². The van der Waals surface area contributed by atoms with Gasteiger partial charge in [-0.3, -0.25) is 9.78 Å². The predicted octanol–water partition coefficient (Wildman–Crippen LogP) is 1.36. The van der Waals surface area contributed by atoms with Crippen molar-refractivity contribution in [3.63, 3.8) is 0 Å². The number of halogens is 1. The van der Waals surface area contributed by atoms with Crippen molar-refractivity contribution in [1.82, 2.24) is 4.98 Å². The van der Waals surface area contributed by atoms with Crippen LogP contribution in [0.1, 0.15) is 17.9 Å². The molecule has 1 unspecified atom stereocenters. The van der Waals surface area contributed by atoms with Gasteiger partial charge in [-0.05, 0) is 34.1 Å². The Bertz CT molecular complexity index is 330. The molecule has 1 aromatic rings. The van der Waals surface area contributed by atoms with E-state index in [2.05, 4.69) is 20.9 Å². The molecule has 4 nitrogen and oxygen atoms in total. The van der Waals surface area contributed by atoms with Crippen LogP contribution < -0.4 is 5.73 Å². The Kier molecular flexibility index (Phi) is 4.03. The number of hydrogen-bond donors (Lipinski definition) is 2. The van der Waals surface area contributed by atoms with Crippen LogP contribution in [0, 0.1) is 0 Å². The molecule has 14 heavy (non-hydrogen) atoms. The lowest BCUT2D eigenvalue weighted by atomic mass is 9.98. The minimum Gasteiger partial charge on any atom is -0.481 e. The van der Waals surface area contributed by atoms with Crippen molar-refractivity contribution in [3.05, 3.63) is 28.5 Å². The molecule has 0 amide bonds. The summed E-state index contributed by atoms with van der Waals surface area (Å²) in [7, 11) is 0. The second-order valence-electron chi connectivity index (χ2n) is 2.97. The summed E-state index contributed by atoms with van der Waals surface area (Å²) in [6.45, 7) is 0.310. The van der Waals surface area contributed by atoms with E-state index in [1.165, 1.54) is 0 Å². The Hall–Kier alpha value is -0.940. The number of hydrogen-bond acceptors (Lipinski definition) is 3. The zero-order valence-electron chi connectivity index (χ0n) is 7.48. The Morgan fingerprint density at radius 3 is 2.86 bits per heavy atom.